The Balaban J connectivity index is 1.73. The molecule has 4 heteroatoms. The fraction of sp³-hybridized carbons (Fsp3) is 0.923. The summed E-state index contributed by atoms with van der Waals surface area (Å²) in [5.41, 5.74) is 0. The lowest BCUT2D eigenvalue weighted by molar-refractivity contribution is -0.312. The first-order valence-electron chi connectivity index (χ1n) is 6.55. The first-order chi connectivity index (χ1) is 8.15. The molecule has 1 aliphatic carbocycles. The third-order valence-electron chi connectivity index (χ3n) is 3.88. The van der Waals surface area contributed by atoms with E-state index in [2.05, 4.69) is 6.92 Å². The minimum Gasteiger partial charge on any atom is -0.410 e. The van der Waals surface area contributed by atoms with Crippen molar-refractivity contribution in [3.63, 3.8) is 0 Å². The molecule has 2 aliphatic rings. The van der Waals surface area contributed by atoms with Gasteiger partial charge in [0.2, 0.25) is 0 Å². The zero-order valence-corrected chi connectivity index (χ0v) is 10.7. The van der Waals surface area contributed by atoms with E-state index in [0.29, 0.717) is 25.0 Å². The van der Waals surface area contributed by atoms with Crippen LogP contribution in [0.2, 0.25) is 0 Å². The fourth-order valence-corrected chi connectivity index (χ4v) is 2.73. The topological polar surface area (TPSA) is 44.8 Å². The van der Waals surface area contributed by atoms with Crippen molar-refractivity contribution in [1.82, 2.24) is 0 Å². The van der Waals surface area contributed by atoms with Crippen LogP contribution in [0, 0.1) is 17.8 Å². The van der Waals surface area contributed by atoms with Crippen LogP contribution in [0.3, 0.4) is 0 Å². The first kappa shape index (κ1) is 12.8. The molecule has 0 amide bonds. The lowest BCUT2D eigenvalue weighted by Gasteiger charge is -2.36. The van der Waals surface area contributed by atoms with Crippen LogP contribution >= 0.6 is 0 Å². The number of carbonyl (C=O) groups is 1. The molecular formula is C13H22O4. The van der Waals surface area contributed by atoms with Crippen LogP contribution in [0.25, 0.3) is 0 Å². The standard InChI is InChI=1S/C13H22O4/c1-9-3-5-11(6-4-9)12-7-15-13(16-8-12)17-10(2)14/h9,11-13H,3-8H2,1-2H3. The highest BCUT2D eigenvalue weighted by atomic mass is 16.9. The second-order valence-electron chi connectivity index (χ2n) is 5.34. The molecule has 0 atom stereocenters. The summed E-state index contributed by atoms with van der Waals surface area (Å²) in [6.07, 6.45) is 5.18. The Labute approximate surface area is 103 Å². The molecule has 1 heterocycles. The van der Waals surface area contributed by atoms with Gasteiger partial charge >= 0.3 is 12.4 Å². The lowest BCUT2D eigenvalue weighted by atomic mass is 9.77. The molecule has 0 bridgehead atoms. The van der Waals surface area contributed by atoms with Crippen molar-refractivity contribution in [2.75, 3.05) is 13.2 Å². The summed E-state index contributed by atoms with van der Waals surface area (Å²) in [6, 6.07) is 0. The average Bonchev–Trinajstić information content (AvgIpc) is 2.30. The summed E-state index contributed by atoms with van der Waals surface area (Å²) in [7, 11) is 0. The van der Waals surface area contributed by atoms with Gasteiger partial charge in [-0.25, -0.2) is 0 Å². The van der Waals surface area contributed by atoms with Gasteiger partial charge in [-0.2, -0.15) is 0 Å². The minimum atomic E-state index is -0.786. The Morgan fingerprint density at radius 2 is 1.65 bits per heavy atom. The highest BCUT2D eigenvalue weighted by Crippen LogP contribution is 2.35. The Kier molecular flexibility index (Phi) is 4.40. The number of ether oxygens (including phenoxy) is 3. The Morgan fingerprint density at radius 3 is 2.18 bits per heavy atom. The van der Waals surface area contributed by atoms with E-state index < -0.39 is 6.48 Å². The number of hydrogen-bond acceptors (Lipinski definition) is 4. The van der Waals surface area contributed by atoms with Gasteiger partial charge < -0.3 is 14.2 Å². The fourth-order valence-electron chi connectivity index (χ4n) is 2.73. The molecule has 0 spiro atoms. The lowest BCUT2D eigenvalue weighted by Crippen LogP contribution is -2.39. The van der Waals surface area contributed by atoms with Gasteiger partial charge in [-0.3, -0.25) is 4.79 Å². The average molecular weight is 242 g/mol. The van der Waals surface area contributed by atoms with Crippen LogP contribution in [0.5, 0.6) is 0 Å². The summed E-state index contributed by atoms with van der Waals surface area (Å²) in [6.45, 7) is 4.20. The van der Waals surface area contributed by atoms with Crippen LogP contribution < -0.4 is 0 Å². The molecule has 0 N–H and O–H groups in total. The minimum absolute atomic E-state index is 0.361. The van der Waals surface area contributed by atoms with Gasteiger partial charge in [0.25, 0.3) is 0 Å². The molecule has 98 valence electrons. The highest BCUT2D eigenvalue weighted by molar-refractivity contribution is 5.65. The van der Waals surface area contributed by atoms with Gasteiger partial charge in [-0.15, -0.1) is 0 Å². The van der Waals surface area contributed by atoms with Crippen molar-refractivity contribution in [2.45, 2.75) is 46.0 Å². The van der Waals surface area contributed by atoms with Gasteiger partial charge in [0.15, 0.2) is 0 Å². The summed E-state index contributed by atoms with van der Waals surface area (Å²) in [5, 5.41) is 0. The van der Waals surface area contributed by atoms with Crippen molar-refractivity contribution in [3.8, 4) is 0 Å². The van der Waals surface area contributed by atoms with Crippen molar-refractivity contribution >= 4 is 5.97 Å². The van der Waals surface area contributed by atoms with Crippen molar-refractivity contribution in [3.05, 3.63) is 0 Å². The molecule has 1 aliphatic heterocycles. The van der Waals surface area contributed by atoms with Gasteiger partial charge in [0.1, 0.15) is 0 Å². The van der Waals surface area contributed by atoms with Crippen LogP contribution in [0.1, 0.15) is 39.5 Å². The van der Waals surface area contributed by atoms with E-state index in [1.165, 1.54) is 32.6 Å². The van der Waals surface area contributed by atoms with Crippen molar-refractivity contribution in [1.29, 1.82) is 0 Å². The van der Waals surface area contributed by atoms with Crippen LogP contribution in [-0.2, 0) is 19.0 Å². The molecule has 17 heavy (non-hydrogen) atoms. The van der Waals surface area contributed by atoms with Crippen LogP contribution in [0.4, 0.5) is 0 Å². The summed E-state index contributed by atoms with van der Waals surface area (Å²) in [5.74, 6) is 1.68. The van der Waals surface area contributed by atoms with E-state index in [9.17, 15) is 4.79 Å². The molecule has 0 aromatic heterocycles. The summed E-state index contributed by atoms with van der Waals surface area (Å²) in [4.78, 5) is 10.7. The Bertz CT molecular complexity index is 250. The van der Waals surface area contributed by atoms with Gasteiger partial charge in [-0.05, 0) is 24.7 Å². The molecule has 4 nitrogen and oxygen atoms in total. The number of rotatable bonds is 2. The molecular weight excluding hydrogens is 220 g/mol. The molecule has 0 radical (unpaired) electrons. The molecule has 0 aromatic rings. The summed E-state index contributed by atoms with van der Waals surface area (Å²) < 4.78 is 15.7. The molecule has 0 unspecified atom stereocenters. The largest absolute Gasteiger partial charge is 0.410 e. The maximum absolute atomic E-state index is 10.7. The van der Waals surface area contributed by atoms with E-state index in [-0.39, 0.29) is 5.97 Å². The number of hydrogen-bond donors (Lipinski definition) is 0. The smallest absolute Gasteiger partial charge is 0.318 e. The van der Waals surface area contributed by atoms with Gasteiger partial charge in [-0.1, -0.05) is 19.8 Å². The third-order valence-corrected chi connectivity index (χ3v) is 3.88. The van der Waals surface area contributed by atoms with Crippen LogP contribution in [0.15, 0.2) is 0 Å². The third kappa shape index (κ3) is 3.68. The molecule has 1 saturated heterocycles. The first-order valence-corrected chi connectivity index (χ1v) is 6.55. The highest BCUT2D eigenvalue weighted by Gasteiger charge is 2.31. The van der Waals surface area contributed by atoms with E-state index in [0.717, 1.165) is 5.92 Å². The maximum Gasteiger partial charge on any atom is 0.318 e. The quantitative estimate of drug-likeness (QED) is 0.697. The molecule has 2 fully saturated rings. The summed E-state index contributed by atoms with van der Waals surface area (Å²) >= 11 is 0. The second-order valence-corrected chi connectivity index (χ2v) is 5.34. The predicted octanol–water partition coefficient (Wildman–Crippen LogP) is 2.32. The zero-order valence-electron chi connectivity index (χ0n) is 10.7. The van der Waals surface area contributed by atoms with E-state index >= 15 is 0 Å². The molecule has 0 aromatic carbocycles. The SMILES string of the molecule is CC(=O)OC1OCC(C2CCC(C)CC2)CO1. The predicted molar refractivity (Wildman–Crippen MR) is 62.1 cm³/mol. The van der Waals surface area contributed by atoms with Gasteiger partial charge in [0, 0.05) is 12.8 Å². The normalized spacial score (nSPS) is 38.7. The van der Waals surface area contributed by atoms with E-state index in [1.807, 2.05) is 0 Å². The number of carbonyl (C=O) groups excluding carboxylic acids is 1. The van der Waals surface area contributed by atoms with Crippen LogP contribution in [-0.4, -0.2) is 25.7 Å². The zero-order chi connectivity index (χ0) is 12.3. The Morgan fingerprint density at radius 1 is 1.06 bits per heavy atom. The van der Waals surface area contributed by atoms with Crippen molar-refractivity contribution in [2.24, 2.45) is 17.8 Å². The van der Waals surface area contributed by atoms with E-state index in [4.69, 9.17) is 14.2 Å². The molecule has 2 rings (SSSR count). The Hall–Kier alpha value is -0.610. The van der Waals surface area contributed by atoms with E-state index in [1.54, 1.807) is 0 Å². The monoisotopic (exact) mass is 242 g/mol. The second kappa shape index (κ2) is 5.83. The van der Waals surface area contributed by atoms with Gasteiger partial charge in [0.05, 0.1) is 13.2 Å². The molecule has 1 saturated carbocycles. The van der Waals surface area contributed by atoms with Crippen molar-refractivity contribution < 1.29 is 19.0 Å². The maximum atomic E-state index is 10.7. The number of esters is 1.